The molecule has 1 aromatic carbocycles. The number of ketones is 2. The Morgan fingerprint density at radius 2 is 1.55 bits per heavy atom. The van der Waals surface area contributed by atoms with Crippen LogP contribution in [0, 0.1) is 29.6 Å². The Labute approximate surface area is 390 Å². The minimum absolute atomic E-state index is 0.0110. The van der Waals surface area contributed by atoms with Gasteiger partial charge in [0.1, 0.15) is 11.5 Å². The molecule has 0 aliphatic carbocycles. The van der Waals surface area contributed by atoms with Crippen LogP contribution >= 0.6 is 0 Å². The van der Waals surface area contributed by atoms with E-state index < -0.39 is 54.2 Å². The fourth-order valence-electron chi connectivity index (χ4n) is 9.99. The Morgan fingerprint density at radius 1 is 0.877 bits per heavy atom. The molecule has 3 amide bonds. The van der Waals surface area contributed by atoms with E-state index in [2.05, 4.69) is 0 Å². The molecule has 3 rings (SSSR count). The minimum Gasteiger partial charge on any atom is -0.508 e. The second-order valence-electron chi connectivity index (χ2n) is 19.2. The Kier molecular flexibility index (Phi) is 24.1. The van der Waals surface area contributed by atoms with Gasteiger partial charge in [0.05, 0.1) is 55.4 Å². The predicted octanol–water partition coefficient (Wildman–Crippen LogP) is 5.42. The van der Waals surface area contributed by atoms with Gasteiger partial charge in [-0.15, -0.1) is 0 Å². The third-order valence-electron chi connectivity index (χ3n) is 14.1. The number of phenolic OH excluding ortho intramolecular Hbond substituents is 1. The van der Waals surface area contributed by atoms with Crippen LogP contribution in [-0.4, -0.2) is 157 Å². The molecule has 4 N–H and O–H groups in total. The van der Waals surface area contributed by atoms with Crippen LogP contribution in [0.25, 0.3) is 0 Å². The van der Waals surface area contributed by atoms with E-state index in [-0.39, 0.29) is 66.1 Å². The van der Waals surface area contributed by atoms with Crippen molar-refractivity contribution in [2.24, 2.45) is 35.3 Å². The molecule has 2 aliphatic heterocycles. The van der Waals surface area contributed by atoms with Crippen LogP contribution in [-0.2, 0) is 44.7 Å². The van der Waals surface area contributed by atoms with E-state index in [0.717, 1.165) is 50.5 Å². The number of likely N-dealkylation sites (tertiary alicyclic amines) is 1. The van der Waals surface area contributed by atoms with Gasteiger partial charge in [-0.2, -0.15) is 0 Å². The fraction of sp³-hybridized carbons (Fsp3) is 0.780. The number of aliphatic hydroxyl groups excluding tert-OH is 1. The summed E-state index contributed by atoms with van der Waals surface area (Å²) in [6, 6.07) is 4.99. The number of methoxy groups -OCH3 is 2. The highest BCUT2D eigenvalue weighted by molar-refractivity contribution is 5.90. The van der Waals surface area contributed by atoms with Crippen LogP contribution < -0.4 is 5.73 Å². The lowest BCUT2D eigenvalue weighted by Crippen LogP contribution is -2.54. The van der Waals surface area contributed by atoms with E-state index in [1.165, 1.54) is 5.06 Å². The summed E-state index contributed by atoms with van der Waals surface area (Å²) in [6.07, 6.45) is 5.53. The number of likely N-dealkylation sites (N-methyl/N-ethyl adjacent to an activating group) is 2. The number of ether oxygens (including phenoxy) is 2. The molecule has 10 atom stereocenters. The predicted molar refractivity (Wildman–Crippen MR) is 252 cm³/mol. The second-order valence-corrected chi connectivity index (χ2v) is 19.2. The molecular weight excluding hydrogens is 831 g/mol. The van der Waals surface area contributed by atoms with E-state index >= 15 is 0 Å². The molecule has 1 aromatic rings. The number of nitrogens with zero attached hydrogens (tertiary/aromatic N) is 4. The summed E-state index contributed by atoms with van der Waals surface area (Å²) in [7, 11) is 6.69. The molecule has 1 unspecified atom stereocenters. The van der Waals surface area contributed by atoms with Gasteiger partial charge < -0.3 is 35.2 Å². The maximum Gasteiger partial charge on any atom is 0.250 e. The zero-order valence-corrected chi connectivity index (χ0v) is 41.4. The van der Waals surface area contributed by atoms with Gasteiger partial charge >= 0.3 is 0 Å². The average molecular weight is 916 g/mol. The Balaban J connectivity index is 1.78. The quantitative estimate of drug-likeness (QED) is 0.0867. The van der Waals surface area contributed by atoms with Crippen LogP contribution in [0.1, 0.15) is 124 Å². The fourth-order valence-corrected chi connectivity index (χ4v) is 9.99. The average Bonchev–Trinajstić information content (AvgIpc) is 3.77. The molecule has 15 heteroatoms. The Morgan fingerprint density at radius 3 is 2.12 bits per heavy atom. The molecule has 370 valence electrons. The summed E-state index contributed by atoms with van der Waals surface area (Å²) in [5.41, 5.74) is 6.46. The topological polar surface area (TPSA) is 192 Å². The third-order valence-corrected chi connectivity index (χ3v) is 14.1. The number of hydrogen-bond donors (Lipinski definition) is 3. The zero-order chi connectivity index (χ0) is 48.4. The van der Waals surface area contributed by atoms with E-state index in [1.54, 1.807) is 69.2 Å². The molecule has 0 aromatic heterocycles. The number of unbranched alkanes of at least 4 members (excludes halogenated alkanes) is 3. The number of aliphatic hydroxyl groups is 1. The summed E-state index contributed by atoms with van der Waals surface area (Å²) in [5.74, 6) is -3.07. The highest BCUT2D eigenvalue weighted by atomic mass is 16.7. The number of carbonyl (C=O) groups excluding carboxylic acids is 5. The molecule has 0 saturated carbocycles. The monoisotopic (exact) mass is 916 g/mol. The lowest BCUT2D eigenvalue weighted by molar-refractivity contribution is -0.201. The molecule has 2 heterocycles. The molecule has 2 aliphatic rings. The molecule has 0 spiro atoms. The first-order chi connectivity index (χ1) is 30.9. The van der Waals surface area contributed by atoms with E-state index in [0.29, 0.717) is 52.0 Å². The van der Waals surface area contributed by atoms with Gasteiger partial charge in [-0.25, -0.2) is 5.06 Å². The number of carbonyl (C=O) groups is 5. The first-order valence-corrected chi connectivity index (χ1v) is 24.4. The highest BCUT2D eigenvalue weighted by Crippen LogP contribution is 2.32. The van der Waals surface area contributed by atoms with Gasteiger partial charge in [0.15, 0.2) is 5.78 Å². The first kappa shape index (κ1) is 55.9. The van der Waals surface area contributed by atoms with Crippen LogP contribution in [0.2, 0.25) is 0 Å². The lowest BCUT2D eigenvalue weighted by atomic mass is 9.84. The van der Waals surface area contributed by atoms with Crippen molar-refractivity contribution >= 4 is 29.3 Å². The van der Waals surface area contributed by atoms with Gasteiger partial charge in [-0.3, -0.25) is 33.7 Å². The summed E-state index contributed by atoms with van der Waals surface area (Å²) < 4.78 is 12.2. The number of rotatable bonds is 29. The van der Waals surface area contributed by atoms with Gasteiger partial charge in [-0.05, 0) is 102 Å². The van der Waals surface area contributed by atoms with Crippen LogP contribution in [0.5, 0.6) is 5.75 Å². The smallest absolute Gasteiger partial charge is 0.250 e. The molecule has 15 nitrogen and oxygen atoms in total. The molecule has 2 fully saturated rings. The summed E-state index contributed by atoms with van der Waals surface area (Å²) >= 11 is 0. The maximum absolute atomic E-state index is 14.6. The number of nitrogens with two attached hydrogens (primary N) is 1. The van der Waals surface area contributed by atoms with Crippen LogP contribution in [0.15, 0.2) is 24.3 Å². The molecule has 0 radical (unpaired) electrons. The normalized spacial score (nSPS) is 19.9. The highest BCUT2D eigenvalue weighted by Gasteiger charge is 2.44. The summed E-state index contributed by atoms with van der Waals surface area (Å²) in [5, 5.41) is 22.0. The maximum atomic E-state index is 14.6. The standard InChI is InChI=1S/C50H85N5O10/c1-11-34(4)46(53(8)50(62)40(33(2)3)31-43(59)47(36(6)56)52(7)25-15-13-12-14-24-51)44(63-9)32-45(60)54-26-18-19-41(54)48(64-10)35(5)42(58)30-38(29-37-20-22-39(57)23-21-37)49(61)55-27-16-17-28-65-55/h20-23,33-36,38,40-41,44,46-48,56-57H,11-19,24-32,51H2,1-10H3/t34-,35-,36?,38+,40-,41-,44+,46-,47-,48+/m0/s1. The van der Waals surface area contributed by atoms with E-state index in [9.17, 15) is 34.2 Å². The van der Waals surface area contributed by atoms with Gasteiger partial charge in [-0.1, -0.05) is 66.0 Å². The molecule has 65 heavy (non-hydrogen) atoms. The second kappa shape index (κ2) is 28.0. The van der Waals surface area contributed by atoms with Crippen molar-refractivity contribution < 1.29 is 48.5 Å². The Hall–Kier alpha value is -3.47. The Bertz CT molecular complexity index is 1620. The van der Waals surface area contributed by atoms with Crippen LogP contribution in [0.4, 0.5) is 0 Å². The van der Waals surface area contributed by atoms with Crippen molar-refractivity contribution in [1.29, 1.82) is 0 Å². The minimum atomic E-state index is -0.917. The molecule has 0 bridgehead atoms. The largest absolute Gasteiger partial charge is 0.508 e. The van der Waals surface area contributed by atoms with Crippen molar-refractivity contribution in [3.63, 3.8) is 0 Å². The number of Topliss-reactive ketones (excluding diaryl/α,β-unsaturated/α-hetero) is 2. The molecule has 2 saturated heterocycles. The number of aromatic hydroxyl groups is 1. The van der Waals surface area contributed by atoms with Crippen molar-refractivity contribution in [3.8, 4) is 5.75 Å². The van der Waals surface area contributed by atoms with Gasteiger partial charge in [0, 0.05) is 59.0 Å². The lowest BCUT2D eigenvalue weighted by Gasteiger charge is -2.41. The van der Waals surface area contributed by atoms with Crippen molar-refractivity contribution in [1.82, 2.24) is 19.8 Å². The van der Waals surface area contributed by atoms with Gasteiger partial charge in [0.25, 0.3) is 0 Å². The number of amides is 3. The van der Waals surface area contributed by atoms with E-state index in [1.807, 2.05) is 39.6 Å². The van der Waals surface area contributed by atoms with E-state index in [4.69, 9.17) is 20.0 Å². The van der Waals surface area contributed by atoms with Crippen molar-refractivity contribution in [2.45, 2.75) is 161 Å². The zero-order valence-electron chi connectivity index (χ0n) is 41.4. The van der Waals surface area contributed by atoms with Crippen molar-refractivity contribution in [3.05, 3.63) is 29.8 Å². The third kappa shape index (κ3) is 16.1. The number of phenols is 1. The number of benzene rings is 1. The SMILES string of the molecule is CC[C@H](C)[C@@H]([C@@H](CC(=O)N1CCC[C@H]1[C@H](OC)[C@@H](C)C(=O)C[C@@H](Cc1ccc(O)cc1)C(=O)N1CCCCO1)OC)N(C)C(=O)[C@@H](CC(=O)[C@H](C(C)O)N(C)CCCCCCN)C(C)C. The summed E-state index contributed by atoms with van der Waals surface area (Å²) in [4.78, 5) is 82.1. The number of hydroxylamine groups is 2. The van der Waals surface area contributed by atoms with Gasteiger partial charge in [0.2, 0.25) is 17.7 Å². The van der Waals surface area contributed by atoms with Crippen LogP contribution in [0.3, 0.4) is 0 Å². The first-order valence-electron chi connectivity index (χ1n) is 24.4. The summed E-state index contributed by atoms with van der Waals surface area (Å²) in [6.45, 7) is 14.0. The number of hydrogen-bond acceptors (Lipinski definition) is 12. The molecular formula is C50H85N5O10. The van der Waals surface area contributed by atoms with Crippen molar-refractivity contribution in [2.75, 3.05) is 61.1 Å².